The standard InChI is InChI=1S/C63H38N4/c64-39-40-13-9-20-46(35-40)47-21-10-22-48(36-47)50-32-34-53-52-33-31-49(37-57(52)63(58(53)38-50)55-25-8-7-23-51(55)54-24-11-18-42-19-12-26-56(63)59(42)54)41-27-29-45(30-28-41)62-66-60(43-14-3-1-4-15-43)65-61(67-62)44-16-5-2-6-17-44/h1-38H. The molecule has 67 heavy (non-hydrogen) atoms. The molecule has 0 radical (unpaired) electrons. The summed E-state index contributed by atoms with van der Waals surface area (Å²) >= 11 is 0. The summed E-state index contributed by atoms with van der Waals surface area (Å²) in [6, 6.07) is 84.4. The van der Waals surface area contributed by atoms with Gasteiger partial charge in [-0.05, 0) is 119 Å². The summed E-state index contributed by atoms with van der Waals surface area (Å²) in [6.07, 6.45) is 0. The van der Waals surface area contributed by atoms with Gasteiger partial charge in [0.2, 0.25) is 0 Å². The van der Waals surface area contributed by atoms with E-state index >= 15 is 0 Å². The number of hydrogen-bond donors (Lipinski definition) is 0. The van der Waals surface area contributed by atoms with Crippen molar-refractivity contribution < 1.29 is 0 Å². The second kappa shape index (κ2) is 15.3. The number of hydrogen-bond acceptors (Lipinski definition) is 4. The van der Waals surface area contributed by atoms with Gasteiger partial charge in [0.1, 0.15) is 0 Å². The van der Waals surface area contributed by atoms with Gasteiger partial charge in [0.15, 0.2) is 17.5 Å². The summed E-state index contributed by atoms with van der Waals surface area (Å²) < 4.78 is 0. The van der Waals surface area contributed by atoms with Gasteiger partial charge >= 0.3 is 0 Å². The molecule has 0 amide bonds. The molecular formula is C63H38N4. The van der Waals surface area contributed by atoms with Gasteiger partial charge in [-0.25, -0.2) is 15.0 Å². The molecule has 10 aromatic carbocycles. The van der Waals surface area contributed by atoms with Crippen LogP contribution in [0.4, 0.5) is 0 Å². The van der Waals surface area contributed by atoms with E-state index in [0.29, 0.717) is 23.0 Å². The van der Waals surface area contributed by atoms with Gasteiger partial charge < -0.3 is 0 Å². The van der Waals surface area contributed by atoms with Crippen molar-refractivity contribution in [3.05, 3.63) is 258 Å². The predicted molar refractivity (Wildman–Crippen MR) is 271 cm³/mol. The summed E-state index contributed by atoms with van der Waals surface area (Å²) in [6.45, 7) is 0. The highest BCUT2D eigenvalue weighted by molar-refractivity contribution is 6.07. The van der Waals surface area contributed by atoms with Crippen LogP contribution in [-0.2, 0) is 5.41 Å². The number of nitrogens with zero attached hydrogens (tertiary/aromatic N) is 4. The van der Waals surface area contributed by atoms with Crippen molar-refractivity contribution >= 4 is 10.8 Å². The molecule has 4 heteroatoms. The van der Waals surface area contributed by atoms with E-state index in [-0.39, 0.29) is 0 Å². The number of aromatic nitrogens is 3. The van der Waals surface area contributed by atoms with E-state index in [2.05, 4.69) is 158 Å². The van der Waals surface area contributed by atoms with Crippen LogP contribution in [0, 0.1) is 11.3 Å². The van der Waals surface area contributed by atoms with Gasteiger partial charge in [0.05, 0.1) is 17.0 Å². The lowest BCUT2D eigenvalue weighted by atomic mass is 9.61. The number of rotatable bonds is 6. The van der Waals surface area contributed by atoms with Crippen LogP contribution in [0.2, 0.25) is 0 Å². The third-order valence-electron chi connectivity index (χ3n) is 13.8. The summed E-state index contributed by atoms with van der Waals surface area (Å²) in [4.78, 5) is 14.9. The first kappa shape index (κ1) is 38.4. The van der Waals surface area contributed by atoms with Crippen molar-refractivity contribution in [3.8, 4) is 95.9 Å². The van der Waals surface area contributed by atoms with Crippen LogP contribution < -0.4 is 0 Å². The Balaban J connectivity index is 0.981. The molecule has 1 aromatic heterocycles. The number of nitriles is 1. The van der Waals surface area contributed by atoms with Gasteiger partial charge in [-0.1, -0.05) is 200 Å². The zero-order valence-corrected chi connectivity index (χ0v) is 36.2. The van der Waals surface area contributed by atoms with Crippen LogP contribution in [0.15, 0.2) is 231 Å². The Hall–Kier alpha value is -9.04. The van der Waals surface area contributed by atoms with E-state index in [4.69, 9.17) is 15.0 Å². The maximum atomic E-state index is 9.67. The van der Waals surface area contributed by atoms with Crippen molar-refractivity contribution in [1.29, 1.82) is 5.26 Å². The molecule has 0 fully saturated rings. The predicted octanol–water partition coefficient (Wildman–Crippen LogP) is 15.2. The summed E-state index contributed by atoms with van der Waals surface area (Å²) in [5.74, 6) is 1.91. The van der Waals surface area contributed by atoms with E-state index in [1.54, 1.807) is 0 Å². The lowest BCUT2D eigenvalue weighted by molar-refractivity contribution is 0.774. The molecule has 0 saturated heterocycles. The largest absolute Gasteiger partial charge is 0.208 e. The monoisotopic (exact) mass is 850 g/mol. The molecule has 1 unspecified atom stereocenters. The molecule has 0 aliphatic heterocycles. The van der Waals surface area contributed by atoms with Crippen molar-refractivity contribution in [1.82, 2.24) is 15.0 Å². The molecule has 310 valence electrons. The Morgan fingerprint density at radius 1 is 0.299 bits per heavy atom. The first-order valence-corrected chi connectivity index (χ1v) is 22.6. The van der Waals surface area contributed by atoms with Gasteiger partial charge in [0, 0.05) is 16.7 Å². The fourth-order valence-corrected chi connectivity index (χ4v) is 10.7. The molecule has 0 N–H and O–H groups in total. The SMILES string of the molecule is N#Cc1cccc(-c2cccc(-c3ccc4c(c3)C3(c5cc(-c6ccc(-c7nc(-c8ccccc8)nc(-c8ccccc8)n7)cc6)ccc5-4)c4ccccc4-c4cccc5cccc3c45)c2)c1. The molecule has 11 aromatic rings. The number of fused-ring (bicyclic) bond motifs is 9. The van der Waals surface area contributed by atoms with Crippen molar-refractivity contribution in [2.24, 2.45) is 0 Å². The molecule has 1 atom stereocenters. The summed E-state index contributed by atoms with van der Waals surface area (Å²) in [7, 11) is 0. The second-order valence-electron chi connectivity index (χ2n) is 17.4. The highest BCUT2D eigenvalue weighted by Crippen LogP contribution is 2.62. The summed E-state index contributed by atoms with van der Waals surface area (Å²) in [5, 5.41) is 12.2. The van der Waals surface area contributed by atoms with Crippen molar-refractivity contribution in [3.63, 3.8) is 0 Å². The first-order valence-electron chi connectivity index (χ1n) is 22.6. The molecule has 1 spiro atoms. The molecule has 0 saturated carbocycles. The van der Waals surface area contributed by atoms with Crippen LogP contribution in [-0.4, -0.2) is 15.0 Å². The molecular weight excluding hydrogens is 813 g/mol. The molecule has 1 heterocycles. The normalized spacial score (nSPS) is 14.0. The van der Waals surface area contributed by atoms with Crippen molar-refractivity contribution in [2.45, 2.75) is 5.41 Å². The Morgan fingerprint density at radius 3 is 1.34 bits per heavy atom. The average molecular weight is 851 g/mol. The zero-order valence-electron chi connectivity index (χ0n) is 36.2. The van der Waals surface area contributed by atoms with E-state index in [1.165, 1.54) is 55.3 Å². The van der Waals surface area contributed by atoms with Gasteiger partial charge in [-0.15, -0.1) is 0 Å². The third-order valence-corrected chi connectivity index (χ3v) is 13.8. The Labute approximate surface area is 388 Å². The highest BCUT2D eigenvalue weighted by Gasteiger charge is 2.50. The summed E-state index contributed by atoms with van der Waals surface area (Å²) in [5.41, 5.74) is 19.6. The average Bonchev–Trinajstić information content (AvgIpc) is 3.69. The Bertz CT molecular complexity index is 3750. The fraction of sp³-hybridized carbons (Fsp3) is 0.0159. The lowest BCUT2D eigenvalue weighted by Crippen LogP contribution is -2.31. The third kappa shape index (κ3) is 6.10. The topological polar surface area (TPSA) is 62.5 Å². The van der Waals surface area contributed by atoms with E-state index in [0.717, 1.165) is 50.1 Å². The smallest absolute Gasteiger partial charge is 0.164 e. The van der Waals surface area contributed by atoms with Gasteiger partial charge in [-0.2, -0.15) is 5.26 Å². The minimum Gasteiger partial charge on any atom is -0.208 e. The Morgan fingerprint density at radius 2 is 0.716 bits per heavy atom. The maximum absolute atomic E-state index is 9.67. The molecule has 0 bridgehead atoms. The zero-order chi connectivity index (χ0) is 44.5. The first-order chi connectivity index (χ1) is 33.1. The van der Waals surface area contributed by atoms with Crippen LogP contribution in [0.1, 0.15) is 27.8 Å². The maximum Gasteiger partial charge on any atom is 0.164 e. The second-order valence-corrected chi connectivity index (χ2v) is 17.4. The van der Waals surface area contributed by atoms with E-state index < -0.39 is 5.41 Å². The van der Waals surface area contributed by atoms with E-state index in [9.17, 15) is 5.26 Å². The van der Waals surface area contributed by atoms with Gasteiger partial charge in [0.25, 0.3) is 0 Å². The van der Waals surface area contributed by atoms with E-state index in [1.807, 2.05) is 78.9 Å². The Kier molecular flexibility index (Phi) is 8.78. The molecule has 13 rings (SSSR count). The quantitative estimate of drug-likeness (QED) is 0.167. The highest BCUT2D eigenvalue weighted by atomic mass is 15.0. The van der Waals surface area contributed by atoms with Crippen LogP contribution in [0.3, 0.4) is 0 Å². The minimum absolute atomic E-state index is 0.605. The van der Waals surface area contributed by atoms with Crippen molar-refractivity contribution in [2.75, 3.05) is 0 Å². The van der Waals surface area contributed by atoms with Gasteiger partial charge in [-0.3, -0.25) is 0 Å². The fourth-order valence-electron chi connectivity index (χ4n) is 10.7. The minimum atomic E-state index is -0.605. The molecule has 4 nitrogen and oxygen atoms in total. The van der Waals surface area contributed by atoms with Crippen LogP contribution >= 0.6 is 0 Å². The van der Waals surface area contributed by atoms with Crippen LogP contribution in [0.5, 0.6) is 0 Å². The molecule has 2 aliphatic carbocycles. The number of benzene rings is 10. The van der Waals surface area contributed by atoms with Crippen LogP contribution in [0.25, 0.3) is 101 Å². The lowest BCUT2D eigenvalue weighted by Gasteiger charge is -2.40. The molecule has 2 aliphatic rings.